The molecule has 8 heteroatoms. The van der Waals surface area contributed by atoms with Crippen molar-refractivity contribution in [3.63, 3.8) is 0 Å². The lowest BCUT2D eigenvalue weighted by Gasteiger charge is -2.29. The number of carbonyl (C=O) groups is 2. The van der Waals surface area contributed by atoms with Crippen molar-refractivity contribution in [2.45, 2.75) is 39.3 Å². The van der Waals surface area contributed by atoms with Gasteiger partial charge in [-0.3, -0.25) is 14.5 Å². The van der Waals surface area contributed by atoms with Gasteiger partial charge >= 0.3 is 0 Å². The molecular formula is C28H34N2O6. The van der Waals surface area contributed by atoms with Crippen LogP contribution < -0.4 is 4.74 Å². The molecule has 36 heavy (non-hydrogen) atoms. The number of aromatic hydroxyl groups is 1. The average molecular weight is 495 g/mol. The molecule has 2 saturated heterocycles. The number of aryl methyl sites for hydroxylation is 1. The number of phenols is 1. The summed E-state index contributed by atoms with van der Waals surface area (Å²) in [5.74, 6) is -0.786. The Kier molecular flexibility index (Phi) is 7.96. The van der Waals surface area contributed by atoms with E-state index in [1.54, 1.807) is 30.3 Å². The van der Waals surface area contributed by atoms with Crippen LogP contribution in [0.4, 0.5) is 0 Å². The standard InChI is InChI=1S/C28H34N2O6/c1-18(2)36-23-10-7-21(17-19(23)3)26(32)24-25(20-5-8-22(31)9-6-20)30(28(34)27(24)33)12-4-11-29-13-15-35-16-14-29/h5-10,17-18,25,31-32H,4,11-16H2,1-3H3/b26-24+/t25-/m1/s1. The zero-order valence-corrected chi connectivity index (χ0v) is 21.1. The molecule has 0 spiro atoms. The molecule has 1 amide bonds. The second-order valence-electron chi connectivity index (χ2n) is 9.54. The van der Waals surface area contributed by atoms with Gasteiger partial charge in [0.1, 0.15) is 17.3 Å². The van der Waals surface area contributed by atoms with E-state index in [4.69, 9.17) is 9.47 Å². The van der Waals surface area contributed by atoms with Gasteiger partial charge in [-0.1, -0.05) is 12.1 Å². The Morgan fingerprint density at radius 1 is 1.08 bits per heavy atom. The Bertz CT molecular complexity index is 1140. The molecule has 0 aliphatic carbocycles. The van der Waals surface area contributed by atoms with Gasteiger partial charge in [-0.15, -0.1) is 0 Å². The van der Waals surface area contributed by atoms with Gasteiger partial charge in [-0.05, 0) is 68.7 Å². The van der Waals surface area contributed by atoms with Crippen molar-refractivity contribution in [3.8, 4) is 11.5 Å². The molecule has 2 fully saturated rings. The number of nitrogens with zero attached hydrogens (tertiary/aromatic N) is 2. The first kappa shape index (κ1) is 25.7. The summed E-state index contributed by atoms with van der Waals surface area (Å²) in [5, 5.41) is 21.1. The van der Waals surface area contributed by atoms with Crippen LogP contribution in [0.3, 0.4) is 0 Å². The summed E-state index contributed by atoms with van der Waals surface area (Å²) in [6.07, 6.45) is 0.683. The molecule has 0 radical (unpaired) electrons. The van der Waals surface area contributed by atoms with Crippen molar-refractivity contribution >= 4 is 17.4 Å². The van der Waals surface area contributed by atoms with Crippen molar-refractivity contribution in [2.24, 2.45) is 0 Å². The second-order valence-corrected chi connectivity index (χ2v) is 9.54. The largest absolute Gasteiger partial charge is 0.508 e. The topological polar surface area (TPSA) is 99.5 Å². The van der Waals surface area contributed by atoms with Gasteiger partial charge in [-0.2, -0.15) is 0 Å². The van der Waals surface area contributed by atoms with Crippen LogP contribution in [0.5, 0.6) is 11.5 Å². The maximum atomic E-state index is 13.2. The molecule has 2 N–H and O–H groups in total. The predicted molar refractivity (Wildman–Crippen MR) is 136 cm³/mol. The molecule has 0 bridgehead atoms. The van der Waals surface area contributed by atoms with E-state index in [2.05, 4.69) is 4.90 Å². The highest BCUT2D eigenvalue weighted by Crippen LogP contribution is 2.40. The monoisotopic (exact) mass is 494 g/mol. The Balaban J connectivity index is 1.67. The predicted octanol–water partition coefficient (Wildman–Crippen LogP) is 3.63. The number of phenolic OH excluding ortho intramolecular Hbond substituents is 1. The maximum absolute atomic E-state index is 13.2. The van der Waals surface area contributed by atoms with Gasteiger partial charge in [0.2, 0.25) is 0 Å². The number of carbonyl (C=O) groups excluding carboxylic acids is 2. The molecule has 2 aromatic rings. The molecule has 4 rings (SSSR count). The van der Waals surface area contributed by atoms with Crippen LogP contribution in [0, 0.1) is 6.92 Å². The van der Waals surface area contributed by atoms with E-state index in [0.717, 1.165) is 25.2 Å². The van der Waals surface area contributed by atoms with Crippen molar-refractivity contribution in [2.75, 3.05) is 39.4 Å². The quantitative estimate of drug-likeness (QED) is 0.328. The highest BCUT2D eigenvalue weighted by atomic mass is 16.5. The van der Waals surface area contributed by atoms with E-state index in [1.807, 2.05) is 20.8 Å². The van der Waals surface area contributed by atoms with Gasteiger partial charge < -0.3 is 24.6 Å². The van der Waals surface area contributed by atoms with E-state index in [9.17, 15) is 19.8 Å². The Morgan fingerprint density at radius 2 is 1.78 bits per heavy atom. The molecule has 0 saturated carbocycles. The van der Waals surface area contributed by atoms with Crippen molar-refractivity contribution < 1.29 is 29.3 Å². The van der Waals surface area contributed by atoms with Crippen LogP contribution in [0.1, 0.15) is 43.0 Å². The van der Waals surface area contributed by atoms with Crippen molar-refractivity contribution in [1.29, 1.82) is 0 Å². The summed E-state index contributed by atoms with van der Waals surface area (Å²) in [6, 6.07) is 10.9. The molecule has 2 aliphatic rings. The van der Waals surface area contributed by atoms with E-state index in [1.165, 1.54) is 17.0 Å². The molecule has 1 atom stereocenters. The van der Waals surface area contributed by atoms with E-state index < -0.39 is 17.7 Å². The zero-order chi connectivity index (χ0) is 25.8. The smallest absolute Gasteiger partial charge is 0.295 e. The van der Waals surface area contributed by atoms with E-state index in [0.29, 0.717) is 43.1 Å². The highest BCUT2D eigenvalue weighted by molar-refractivity contribution is 6.46. The number of likely N-dealkylation sites (tertiary alicyclic amines) is 1. The summed E-state index contributed by atoms with van der Waals surface area (Å²) >= 11 is 0. The number of ether oxygens (including phenoxy) is 2. The third kappa shape index (κ3) is 5.55. The molecule has 2 aliphatic heterocycles. The number of aliphatic hydroxyl groups excluding tert-OH is 1. The van der Waals surface area contributed by atoms with Crippen molar-refractivity contribution in [3.05, 3.63) is 64.7 Å². The van der Waals surface area contributed by atoms with Gasteiger partial charge in [0.25, 0.3) is 11.7 Å². The zero-order valence-electron chi connectivity index (χ0n) is 21.1. The number of Topliss-reactive ketones (excluding diaryl/α,β-unsaturated/α-hetero) is 1. The summed E-state index contributed by atoms with van der Waals surface area (Å²) in [4.78, 5) is 30.2. The summed E-state index contributed by atoms with van der Waals surface area (Å²) < 4.78 is 11.2. The minimum Gasteiger partial charge on any atom is -0.508 e. The lowest BCUT2D eigenvalue weighted by molar-refractivity contribution is -0.140. The number of morpholine rings is 1. The number of amides is 1. The maximum Gasteiger partial charge on any atom is 0.295 e. The van der Waals surface area contributed by atoms with Crippen LogP contribution in [-0.2, 0) is 14.3 Å². The van der Waals surface area contributed by atoms with Crippen LogP contribution in [0.15, 0.2) is 48.0 Å². The summed E-state index contributed by atoms with van der Waals surface area (Å²) in [7, 11) is 0. The van der Waals surface area contributed by atoms with Crippen LogP contribution >= 0.6 is 0 Å². The summed E-state index contributed by atoms with van der Waals surface area (Å²) in [6.45, 7) is 9.96. The van der Waals surface area contributed by atoms with Crippen LogP contribution in [0.25, 0.3) is 5.76 Å². The van der Waals surface area contributed by atoms with Crippen molar-refractivity contribution in [1.82, 2.24) is 9.80 Å². The second kappa shape index (κ2) is 11.1. The molecule has 192 valence electrons. The van der Waals surface area contributed by atoms with Crippen LogP contribution in [0.2, 0.25) is 0 Å². The van der Waals surface area contributed by atoms with E-state index in [-0.39, 0.29) is 23.2 Å². The normalized spacial score (nSPS) is 20.3. The number of ketones is 1. The van der Waals surface area contributed by atoms with Gasteiger partial charge in [0, 0.05) is 31.7 Å². The number of hydrogen-bond donors (Lipinski definition) is 2. The van der Waals surface area contributed by atoms with Gasteiger partial charge in [0.15, 0.2) is 0 Å². The molecule has 0 unspecified atom stereocenters. The lowest BCUT2D eigenvalue weighted by Crippen LogP contribution is -2.38. The molecule has 8 nitrogen and oxygen atoms in total. The number of rotatable bonds is 8. The molecule has 2 aromatic carbocycles. The Labute approximate surface area is 211 Å². The van der Waals surface area contributed by atoms with E-state index >= 15 is 0 Å². The number of benzene rings is 2. The fourth-order valence-corrected chi connectivity index (χ4v) is 4.74. The average Bonchev–Trinajstić information content (AvgIpc) is 3.11. The van der Waals surface area contributed by atoms with Crippen LogP contribution in [-0.4, -0.2) is 77.2 Å². The minimum atomic E-state index is -0.748. The van der Waals surface area contributed by atoms with Gasteiger partial charge in [-0.25, -0.2) is 0 Å². The first-order valence-electron chi connectivity index (χ1n) is 12.4. The Hall–Kier alpha value is -3.36. The molecular weight excluding hydrogens is 460 g/mol. The Morgan fingerprint density at radius 3 is 2.42 bits per heavy atom. The third-order valence-electron chi connectivity index (χ3n) is 6.54. The minimum absolute atomic E-state index is 0.000399. The first-order chi connectivity index (χ1) is 17.3. The highest BCUT2D eigenvalue weighted by Gasteiger charge is 2.45. The molecule has 2 heterocycles. The third-order valence-corrected chi connectivity index (χ3v) is 6.54. The fraction of sp³-hybridized carbons (Fsp3) is 0.429. The van der Waals surface area contributed by atoms with Gasteiger partial charge in [0.05, 0.1) is 30.9 Å². The fourth-order valence-electron chi connectivity index (χ4n) is 4.74. The lowest BCUT2D eigenvalue weighted by atomic mass is 9.94. The molecule has 0 aromatic heterocycles. The summed E-state index contributed by atoms with van der Waals surface area (Å²) in [5.41, 5.74) is 1.96. The number of hydrogen-bond acceptors (Lipinski definition) is 7. The number of aliphatic hydroxyl groups is 1. The first-order valence-corrected chi connectivity index (χ1v) is 12.4. The SMILES string of the molecule is Cc1cc(/C(O)=C2\C(=O)C(=O)N(CCCN3CCOCC3)[C@@H]2c2ccc(O)cc2)ccc1OC(C)C.